The number of methoxy groups -OCH3 is 1. The van der Waals surface area contributed by atoms with Crippen LogP contribution in [0.25, 0.3) is 0 Å². The molecule has 0 aromatic heterocycles. The monoisotopic (exact) mass is 307 g/mol. The molecule has 0 aromatic rings. The summed E-state index contributed by atoms with van der Waals surface area (Å²) in [5.41, 5.74) is 6.34. The van der Waals surface area contributed by atoms with Crippen LogP contribution in [-0.4, -0.2) is 30.5 Å². The fraction of sp³-hybridized carbons (Fsp3) is 1.00. The van der Waals surface area contributed by atoms with E-state index in [-0.39, 0.29) is 17.6 Å². The van der Waals surface area contributed by atoms with Crippen LogP contribution in [0.15, 0.2) is 0 Å². The van der Waals surface area contributed by atoms with Gasteiger partial charge in [0, 0.05) is 13.2 Å². The zero-order valence-corrected chi connectivity index (χ0v) is 14.2. The van der Waals surface area contributed by atoms with E-state index in [1.54, 1.807) is 0 Å². The van der Waals surface area contributed by atoms with Crippen molar-refractivity contribution in [1.82, 2.24) is 0 Å². The molecule has 4 aliphatic rings. The fourth-order valence-electron chi connectivity index (χ4n) is 7.09. The summed E-state index contributed by atoms with van der Waals surface area (Å²) >= 11 is 0. The molecule has 3 N–H and O–H groups in total. The second-order valence-corrected chi connectivity index (χ2v) is 9.00. The average Bonchev–Trinajstić information content (AvgIpc) is 2.77. The van der Waals surface area contributed by atoms with E-state index in [0.717, 1.165) is 30.1 Å². The maximum Gasteiger partial charge on any atom is 0.0747 e. The van der Waals surface area contributed by atoms with Crippen LogP contribution < -0.4 is 5.73 Å². The van der Waals surface area contributed by atoms with Gasteiger partial charge in [-0.1, -0.05) is 6.92 Å². The summed E-state index contributed by atoms with van der Waals surface area (Å²) in [5.74, 6) is 4.19. The fourth-order valence-corrected chi connectivity index (χ4v) is 7.09. The molecule has 4 fully saturated rings. The molecule has 2 unspecified atom stereocenters. The van der Waals surface area contributed by atoms with E-state index >= 15 is 0 Å². The van der Waals surface area contributed by atoms with Gasteiger partial charge in [0.1, 0.15) is 0 Å². The molecule has 0 bridgehead atoms. The molecule has 0 aromatic carbocycles. The molecule has 9 atom stereocenters. The number of hydrogen-bond acceptors (Lipinski definition) is 3. The van der Waals surface area contributed by atoms with Crippen molar-refractivity contribution >= 4 is 0 Å². The quantitative estimate of drug-likeness (QED) is 0.783. The normalized spacial score (nSPS) is 57.8. The molecule has 3 heteroatoms. The number of rotatable bonds is 1. The highest BCUT2D eigenvalue weighted by Gasteiger charge is 2.58. The molecule has 0 saturated heterocycles. The smallest absolute Gasteiger partial charge is 0.0747 e. The summed E-state index contributed by atoms with van der Waals surface area (Å²) in [6.07, 6.45) is 10.4. The molecule has 3 nitrogen and oxygen atoms in total. The lowest BCUT2D eigenvalue weighted by Gasteiger charge is -2.55. The lowest BCUT2D eigenvalue weighted by atomic mass is 9.50. The topological polar surface area (TPSA) is 55.5 Å². The predicted molar refractivity (Wildman–Crippen MR) is 87.3 cm³/mol. The van der Waals surface area contributed by atoms with Crippen molar-refractivity contribution in [3.63, 3.8) is 0 Å². The summed E-state index contributed by atoms with van der Waals surface area (Å²) in [5, 5.41) is 10.6. The van der Waals surface area contributed by atoms with E-state index in [2.05, 4.69) is 6.92 Å². The van der Waals surface area contributed by atoms with Crippen molar-refractivity contribution in [1.29, 1.82) is 0 Å². The summed E-state index contributed by atoms with van der Waals surface area (Å²) in [6, 6.07) is 0.00991. The Kier molecular flexibility index (Phi) is 3.82. The molecule has 0 heterocycles. The Balaban J connectivity index is 1.54. The van der Waals surface area contributed by atoms with Crippen LogP contribution in [0.1, 0.15) is 58.3 Å². The van der Waals surface area contributed by atoms with Crippen LogP contribution in [0.2, 0.25) is 0 Å². The number of fused-ring (bicyclic) bond motifs is 5. The van der Waals surface area contributed by atoms with Crippen LogP contribution in [0, 0.1) is 35.0 Å². The molecule has 0 spiro atoms. The van der Waals surface area contributed by atoms with Gasteiger partial charge in [0.05, 0.1) is 12.2 Å². The second-order valence-electron chi connectivity index (χ2n) is 9.00. The Morgan fingerprint density at radius 2 is 1.77 bits per heavy atom. The first-order chi connectivity index (χ1) is 10.5. The SMILES string of the molecule is COC1CC[C@H]2C(CC[C@@H]3[C@@H]2CC[C@]2(C)[C@@H](O)[C@@H](N)C[C@@H]32)C1. The molecule has 4 aliphatic carbocycles. The van der Waals surface area contributed by atoms with Gasteiger partial charge >= 0.3 is 0 Å². The van der Waals surface area contributed by atoms with Gasteiger partial charge in [0.15, 0.2) is 0 Å². The van der Waals surface area contributed by atoms with E-state index in [0.29, 0.717) is 12.0 Å². The highest BCUT2D eigenvalue weighted by Crippen LogP contribution is 2.62. The average molecular weight is 307 g/mol. The van der Waals surface area contributed by atoms with Gasteiger partial charge in [-0.3, -0.25) is 0 Å². The van der Waals surface area contributed by atoms with E-state index in [1.165, 1.54) is 44.9 Å². The third-order valence-electron chi connectivity index (χ3n) is 8.28. The molecule has 4 rings (SSSR count). The lowest BCUT2D eigenvalue weighted by molar-refractivity contribution is -0.0953. The third kappa shape index (κ3) is 2.12. The zero-order chi connectivity index (χ0) is 15.5. The molecule has 126 valence electrons. The van der Waals surface area contributed by atoms with Gasteiger partial charge in [-0.05, 0) is 86.4 Å². The molecular weight excluding hydrogens is 274 g/mol. The van der Waals surface area contributed by atoms with Crippen LogP contribution in [0.4, 0.5) is 0 Å². The van der Waals surface area contributed by atoms with Crippen molar-refractivity contribution in [2.24, 2.45) is 40.7 Å². The summed E-state index contributed by atoms with van der Waals surface area (Å²) < 4.78 is 5.64. The van der Waals surface area contributed by atoms with Crippen molar-refractivity contribution in [2.75, 3.05) is 7.11 Å². The van der Waals surface area contributed by atoms with Crippen LogP contribution in [0.5, 0.6) is 0 Å². The van der Waals surface area contributed by atoms with Gasteiger partial charge in [-0.25, -0.2) is 0 Å². The maximum absolute atomic E-state index is 10.6. The number of hydrogen-bond donors (Lipinski definition) is 2. The first kappa shape index (κ1) is 15.4. The highest BCUT2D eigenvalue weighted by molar-refractivity contribution is 5.09. The largest absolute Gasteiger partial charge is 0.391 e. The first-order valence-corrected chi connectivity index (χ1v) is 9.51. The van der Waals surface area contributed by atoms with E-state index in [4.69, 9.17) is 10.5 Å². The predicted octanol–water partition coefficient (Wildman–Crippen LogP) is 2.95. The molecule has 0 amide bonds. The minimum absolute atomic E-state index is 0.00991. The second kappa shape index (κ2) is 5.46. The number of aliphatic hydroxyl groups excluding tert-OH is 1. The number of aliphatic hydroxyl groups is 1. The molecule has 0 aliphatic heterocycles. The van der Waals surface area contributed by atoms with Crippen LogP contribution in [-0.2, 0) is 4.74 Å². The Labute approximate surface area is 135 Å². The number of nitrogens with two attached hydrogens (primary N) is 1. The Bertz CT molecular complexity index is 428. The molecular formula is C19H33NO2. The van der Waals surface area contributed by atoms with Crippen molar-refractivity contribution in [3.05, 3.63) is 0 Å². The lowest BCUT2D eigenvalue weighted by Crippen LogP contribution is -2.50. The number of ether oxygens (including phenoxy) is 1. The Hall–Kier alpha value is -0.120. The van der Waals surface area contributed by atoms with Gasteiger partial charge in [-0.15, -0.1) is 0 Å². The summed E-state index contributed by atoms with van der Waals surface area (Å²) in [6.45, 7) is 2.32. The molecule has 0 radical (unpaired) electrons. The third-order valence-corrected chi connectivity index (χ3v) is 8.28. The van der Waals surface area contributed by atoms with Gasteiger partial charge in [0.2, 0.25) is 0 Å². The van der Waals surface area contributed by atoms with Gasteiger partial charge in [-0.2, -0.15) is 0 Å². The van der Waals surface area contributed by atoms with Gasteiger partial charge in [0.25, 0.3) is 0 Å². The van der Waals surface area contributed by atoms with Gasteiger partial charge < -0.3 is 15.6 Å². The summed E-state index contributed by atoms with van der Waals surface area (Å²) in [4.78, 5) is 0. The maximum atomic E-state index is 10.6. The highest BCUT2D eigenvalue weighted by atomic mass is 16.5. The van der Waals surface area contributed by atoms with Crippen LogP contribution in [0.3, 0.4) is 0 Å². The van der Waals surface area contributed by atoms with Crippen LogP contribution >= 0.6 is 0 Å². The molecule has 22 heavy (non-hydrogen) atoms. The Morgan fingerprint density at radius 1 is 1.00 bits per heavy atom. The minimum Gasteiger partial charge on any atom is -0.391 e. The summed E-state index contributed by atoms with van der Waals surface area (Å²) in [7, 11) is 1.88. The van der Waals surface area contributed by atoms with Crippen molar-refractivity contribution < 1.29 is 9.84 Å². The van der Waals surface area contributed by atoms with E-state index in [1.807, 2.05) is 7.11 Å². The molecule has 4 saturated carbocycles. The zero-order valence-electron chi connectivity index (χ0n) is 14.2. The van der Waals surface area contributed by atoms with E-state index in [9.17, 15) is 5.11 Å². The minimum atomic E-state index is -0.277. The van der Waals surface area contributed by atoms with E-state index < -0.39 is 0 Å². The van der Waals surface area contributed by atoms with Crippen molar-refractivity contribution in [2.45, 2.75) is 76.5 Å². The Morgan fingerprint density at radius 3 is 2.55 bits per heavy atom. The van der Waals surface area contributed by atoms with Crippen molar-refractivity contribution in [3.8, 4) is 0 Å². The first-order valence-electron chi connectivity index (χ1n) is 9.51. The standard InChI is InChI=1S/C19H33NO2/c1-19-8-7-14-13-6-4-12(22-2)9-11(13)3-5-15(14)16(19)10-17(20)18(19)21/h11-18,21H,3-10,20H2,1-2H3/t11?,12?,13-,14+,15+,16-,17-,18-,19-/m0/s1.